The van der Waals surface area contributed by atoms with Gasteiger partial charge in [0.2, 0.25) is 11.8 Å². The predicted octanol–water partition coefficient (Wildman–Crippen LogP) is 3.29. The Morgan fingerprint density at radius 3 is 2.16 bits per heavy atom. The monoisotopic (exact) mass is 427 g/mol. The van der Waals surface area contributed by atoms with Gasteiger partial charge in [-0.3, -0.25) is 14.5 Å². The van der Waals surface area contributed by atoms with E-state index in [-0.39, 0.29) is 30.1 Å². The zero-order chi connectivity index (χ0) is 22.2. The predicted molar refractivity (Wildman–Crippen MR) is 115 cm³/mol. The van der Waals surface area contributed by atoms with Crippen LogP contribution in [0.25, 0.3) is 0 Å². The number of anilines is 2. The molecule has 0 aliphatic carbocycles. The van der Waals surface area contributed by atoms with Crippen LogP contribution in [0.1, 0.15) is 30.1 Å². The summed E-state index contributed by atoms with van der Waals surface area (Å²) in [4.78, 5) is 38.4. The molecule has 2 aromatic carbocycles. The van der Waals surface area contributed by atoms with Crippen LogP contribution in [0.4, 0.5) is 15.8 Å². The van der Waals surface area contributed by atoms with Crippen LogP contribution < -0.4 is 10.6 Å². The minimum atomic E-state index is -0.392. The van der Waals surface area contributed by atoms with Gasteiger partial charge in [-0.05, 0) is 81.4 Å². The summed E-state index contributed by atoms with van der Waals surface area (Å²) in [5, 5.41) is 5.63. The van der Waals surface area contributed by atoms with Crippen molar-refractivity contribution in [3.63, 3.8) is 0 Å². The van der Waals surface area contributed by atoms with Crippen molar-refractivity contribution in [2.45, 2.75) is 19.8 Å². The molecule has 2 aromatic rings. The second-order valence-electron chi connectivity index (χ2n) is 7.39. The molecule has 2 N–H and O–H groups in total. The molecule has 164 valence electrons. The maximum absolute atomic E-state index is 12.9. The van der Waals surface area contributed by atoms with Gasteiger partial charge in [-0.2, -0.15) is 0 Å². The average Bonchev–Trinajstić information content (AvgIpc) is 2.76. The van der Waals surface area contributed by atoms with Crippen molar-refractivity contribution < 1.29 is 23.5 Å². The lowest BCUT2D eigenvalue weighted by atomic mass is 9.95. The largest absolute Gasteiger partial charge is 0.462 e. The number of hydrogen-bond donors (Lipinski definition) is 2. The van der Waals surface area contributed by atoms with Gasteiger partial charge in [0.15, 0.2) is 0 Å². The molecule has 7 nitrogen and oxygen atoms in total. The molecule has 1 heterocycles. The first kappa shape index (κ1) is 22.4. The minimum Gasteiger partial charge on any atom is -0.462 e. The molecule has 31 heavy (non-hydrogen) atoms. The van der Waals surface area contributed by atoms with E-state index in [0.717, 1.165) is 0 Å². The normalized spacial score (nSPS) is 14.6. The van der Waals surface area contributed by atoms with Crippen LogP contribution in [-0.4, -0.2) is 48.9 Å². The van der Waals surface area contributed by atoms with E-state index in [1.54, 1.807) is 31.2 Å². The molecule has 0 unspecified atom stereocenters. The Balaban J connectivity index is 1.42. The molecule has 0 aromatic heterocycles. The lowest BCUT2D eigenvalue weighted by Gasteiger charge is -2.30. The first-order valence-electron chi connectivity index (χ1n) is 10.3. The highest BCUT2D eigenvalue weighted by atomic mass is 19.1. The Kier molecular flexibility index (Phi) is 7.72. The second-order valence-corrected chi connectivity index (χ2v) is 7.39. The molecule has 1 aliphatic heterocycles. The topological polar surface area (TPSA) is 87.7 Å². The van der Waals surface area contributed by atoms with Gasteiger partial charge in [0, 0.05) is 17.3 Å². The van der Waals surface area contributed by atoms with Gasteiger partial charge in [-0.25, -0.2) is 9.18 Å². The third-order valence-corrected chi connectivity index (χ3v) is 5.12. The molecule has 0 radical (unpaired) electrons. The molecule has 1 fully saturated rings. The highest BCUT2D eigenvalue weighted by molar-refractivity contribution is 5.94. The maximum Gasteiger partial charge on any atom is 0.338 e. The van der Waals surface area contributed by atoms with Crippen LogP contribution in [0.15, 0.2) is 48.5 Å². The number of nitrogens with one attached hydrogen (secondary N) is 2. The van der Waals surface area contributed by atoms with Crippen molar-refractivity contribution in [2.75, 3.05) is 36.9 Å². The van der Waals surface area contributed by atoms with E-state index in [1.165, 1.54) is 24.3 Å². The molecular weight excluding hydrogens is 401 g/mol. The minimum absolute atomic E-state index is 0.0701. The van der Waals surface area contributed by atoms with Crippen molar-refractivity contribution in [3.05, 3.63) is 59.9 Å². The van der Waals surface area contributed by atoms with Crippen molar-refractivity contribution in [1.82, 2.24) is 4.90 Å². The molecule has 0 saturated carbocycles. The SMILES string of the molecule is CCOC(=O)c1ccc(NC(=O)C2CCN(CC(=O)Nc3ccc(F)cc3)CC2)cc1. The lowest BCUT2D eigenvalue weighted by Crippen LogP contribution is -2.41. The molecule has 0 atom stereocenters. The van der Waals surface area contributed by atoms with E-state index in [2.05, 4.69) is 10.6 Å². The van der Waals surface area contributed by atoms with E-state index < -0.39 is 5.97 Å². The molecule has 3 rings (SSSR count). The molecule has 0 spiro atoms. The fourth-order valence-electron chi connectivity index (χ4n) is 3.44. The quantitative estimate of drug-likeness (QED) is 0.662. The van der Waals surface area contributed by atoms with E-state index in [0.29, 0.717) is 49.5 Å². The molecule has 1 aliphatic rings. The van der Waals surface area contributed by atoms with Crippen molar-refractivity contribution in [3.8, 4) is 0 Å². The summed E-state index contributed by atoms with van der Waals surface area (Å²) in [5.41, 5.74) is 1.61. The van der Waals surface area contributed by atoms with E-state index in [9.17, 15) is 18.8 Å². The van der Waals surface area contributed by atoms with Crippen LogP contribution in [0.5, 0.6) is 0 Å². The van der Waals surface area contributed by atoms with Gasteiger partial charge in [0.1, 0.15) is 5.82 Å². The van der Waals surface area contributed by atoms with E-state index in [4.69, 9.17) is 4.74 Å². The number of carbonyl (C=O) groups excluding carboxylic acids is 3. The number of ether oxygens (including phenoxy) is 1. The number of likely N-dealkylation sites (tertiary alicyclic amines) is 1. The highest BCUT2D eigenvalue weighted by Gasteiger charge is 2.26. The summed E-state index contributed by atoms with van der Waals surface area (Å²) >= 11 is 0. The maximum atomic E-state index is 12.9. The third-order valence-electron chi connectivity index (χ3n) is 5.12. The second kappa shape index (κ2) is 10.7. The van der Waals surface area contributed by atoms with E-state index in [1.807, 2.05) is 4.90 Å². The van der Waals surface area contributed by atoms with Gasteiger partial charge in [-0.1, -0.05) is 0 Å². The molecule has 8 heteroatoms. The van der Waals surface area contributed by atoms with Gasteiger partial charge in [0.25, 0.3) is 0 Å². The summed E-state index contributed by atoms with van der Waals surface area (Å²) in [6, 6.07) is 12.2. The van der Waals surface area contributed by atoms with Crippen LogP contribution in [0, 0.1) is 11.7 Å². The van der Waals surface area contributed by atoms with Crippen molar-refractivity contribution in [1.29, 1.82) is 0 Å². The number of esters is 1. The zero-order valence-electron chi connectivity index (χ0n) is 17.4. The summed E-state index contributed by atoms with van der Waals surface area (Å²) < 4.78 is 17.9. The third kappa shape index (κ3) is 6.62. The average molecular weight is 427 g/mol. The number of halogens is 1. The number of hydrogen-bond acceptors (Lipinski definition) is 5. The number of nitrogens with zero attached hydrogens (tertiary/aromatic N) is 1. The van der Waals surface area contributed by atoms with Gasteiger partial charge in [-0.15, -0.1) is 0 Å². The van der Waals surface area contributed by atoms with Crippen molar-refractivity contribution >= 4 is 29.2 Å². The number of carbonyl (C=O) groups is 3. The van der Waals surface area contributed by atoms with E-state index >= 15 is 0 Å². The number of amides is 2. The van der Waals surface area contributed by atoms with Crippen LogP contribution in [-0.2, 0) is 14.3 Å². The fourth-order valence-corrected chi connectivity index (χ4v) is 3.44. The lowest BCUT2D eigenvalue weighted by molar-refractivity contribution is -0.121. The first-order chi connectivity index (χ1) is 14.9. The molecule has 2 amide bonds. The van der Waals surface area contributed by atoms with Gasteiger partial charge < -0.3 is 15.4 Å². The molecule has 1 saturated heterocycles. The van der Waals surface area contributed by atoms with Gasteiger partial charge >= 0.3 is 5.97 Å². The van der Waals surface area contributed by atoms with Crippen LogP contribution >= 0.6 is 0 Å². The van der Waals surface area contributed by atoms with Crippen LogP contribution in [0.3, 0.4) is 0 Å². The number of piperidine rings is 1. The summed E-state index contributed by atoms with van der Waals surface area (Å²) in [6.45, 7) is 3.55. The summed E-state index contributed by atoms with van der Waals surface area (Å²) in [6.07, 6.45) is 1.30. The number of rotatable bonds is 7. The Hall–Kier alpha value is -3.26. The zero-order valence-corrected chi connectivity index (χ0v) is 17.4. The van der Waals surface area contributed by atoms with Crippen molar-refractivity contribution in [2.24, 2.45) is 5.92 Å². The fraction of sp³-hybridized carbons (Fsp3) is 0.348. The summed E-state index contributed by atoms with van der Waals surface area (Å²) in [7, 11) is 0. The smallest absolute Gasteiger partial charge is 0.338 e. The first-order valence-corrected chi connectivity index (χ1v) is 10.3. The Labute approximate surface area is 180 Å². The standard InChI is InChI=1S/C23H26FN3O4/c1-2-31-23(30)17-3-7-20(8-4-17)26-22(29)16-11-13-27(14-12-16)15-21(28)25-19-9-5-18(24)6-10-19/h3-10,16H,2,11-15H2,1H3,(H,25,28)(H,26,29). The Morgan fingerprint density at radius 2 is 1.55 bits per heavy atom. The van der Waals surface area contributed by atoms with Gasteiger partial charge in [0.05, 0.1) is 18.7 Å². The Bertz CT molecular complexity index is 907. The highest BCUT2D eigenvalue weighted by Crippen LogP contribution is 2.20. The molecule has 0 bridgehead atoms. The Morgan fingerprint density at radius 1 is 0.968 bits per heavy atom. The van der Waals surface area contributed by atoms with Crippen LogP contribution in [0.2, 0.25) is 0 Å². The number of benzene rings is 2. The molecular formula is C23H26FN3O4. The summed E-state index contributed by atoms with van der Waals surface area (Å²) in [5.74, 6) is -1.12.